The maximum Gasteiger partial charge on any atom is 0.329 e. The number of aromatic nitrogens is 2. The zero-order valence-corrected chi connectivity index (χ0v) is 16.8. The van der Waals surface area contributed by atoms with Crippen molar-refractivity contribution >= 4 is 11.7 Å². The van der Waals surface area contributed by atoms with Gasteiger partial charge in [-0.05, 0) is 51.8 Å². The van der Waals surface area contributed by atoms with Crippen LogP contribution in [0.4, 0.5) is 5.69 Å². The molecular formula is C21H27N3O4. The van der Waals surface area contributed by atoms with Gasteiger partial charge in [-0.2, -0.15) is 0 Å². The number of ether oxygens (including phenoxy) is 2. The molecule has 0 spiro atoms. The fourth-order valence-electron chi connectivity index (χ4n) is 3.23. The molecule has 0 bridgehead atoms. The SMILES string of the molecule is CCOc1cccc(CNc2cnc3n(c2=O)[C@H](C(=O)OC(C)(C)C)CC3)c1. The fraction of sp³-hybridized carbons (Fsp3) is 0.476. The molecule has 0 unspecified atom stereocenters. The number of esters is 1. The van der Waals surface area contributed by atoms with Crippen molar-refractivity contribution in [2.75, 3.05) is 11.9 Å². The molecule has 1 aromatic heterocycles. The van der Waals surface area contributed by atoms with Crippen LogP contribution >= 0.6 is 0 Å². The Morgan fingerprint density at radius 2 is 2.14 bits per heavy atom. The highest BCUT2D eigenvalue weighted by molar-refractivity contribution is 5.75. The minimum absolute atomic E-state index is 0.251. The van der Waals surface area contributed by atoms with E-state index >= 15 is 0 Å². The number of nitrogens with zero attached hydrogens (tertiary/aromatic N) is 2. The number of carbonyl (C=O) groups excluding carboxylic acids is 1. The highest BCUT2D eigenvalue weighted by Crippen LogP contribution is 2.26. The standard InChI is InChI=1S/C21H27N3O4/c1-5-27-15-8-6-7-14(11-15)12-22-16-13-23-18-10-9-17(24(18)19(16)25)20(26)28-21(2,3)4/h6-8,11,13,17,22H,5,9-10,12H2,1-4H3/t17-/m0/s1. The lowest BCUT2D eigenvalue weighted by Gasteiger charge is -2.23. The van der Waals surface area contributed by atoms with Gasteiger partial charge in [0.15, 0.2) is 0 Å². The van der Waals surface area contributed by atoms with Crippen molar-refractivity contribution in [3.05, 3.63) is 52.2 Å². The largest absolute Gasteiger partial charge is 0.494 e. The van der Waals surface area contributed by atoms with Crippen LogP contribution in [0.2, 0.25) is 0 Å². The molecule has 1 aliphatic heterocycles. The molecule has 28 heavy (non-hydrogen) atoms. The van der Waals surface area contributed by atoms with Crippen molar-refractivity contribution in [1.29, 1.82) is 0 Å². The molecule has 0 fully saturated rings. The van der Waals surface area contributed by atoms with Gasteiger partial charge < -0.3 is 14.8 Å². The van der Waals surface area contributed by atoms with Crippen LogP contribution in [0.1, 0.15) is 51.5 Å². The second kappa shape index (κ2) is 8.04. The van der Waals surface area contributed by atoms with Crippen LogP contribution in [0.15, 0.2) is 35.3 Å². The summed E-state index contributed by atoms with van der Waals surface area (Å²) in [5.74, 6) is 1.01. The topological polar surface area (TPSA) is 82.5 Å². The summed E-state index contributed by atoms with van der Waals surface area (Å²) >= 11 is 0. The number of benzene rings is 1. The first kappa shape index (κ1) is 19.9. The fourth-order valence-corrected chi connectivity index (χ4v) is 3.23. The van der Waals surface area contributed by atoms with Gasteiger partial charge in [0.2, 0.25) is 0 Å². The first-order chi connectivity index (χ1) is 13.3. The lowest BCUT2D eigenvalue weighted by molar-refractivity contribution is -0.158. The van der Waals surface area contributed by atoms with Crippen LogP contribution < -0.4 is 15.6 Å². The summed E-state index contributed by atoms with van der Waals surface area (Å²) in [6, 6.07) is 7.06. The van der Waals surface area contributed by atoms with Gasteiger partial charge in [-0.15, -0.1) is 0 Å². The van der Waals surface area contributed by atoms with E-state index in [-0.39, 0.29) is 5.56 Å². The Labute approximate surface area is 164 Å². The lowest BCUT2D eigenvalue weighted by Crippen LogP contribution is -2.34. The van der Waals surface area contributed by atoms with E-state index in [2.05, 4.69) is 10.3 Å². The molecule has 0 aliphatic carbocycles. The van der Waals surface area contributed by atoms with Crippen LogP contribution in [0, 0.1) is 0 Å². The van der Waals surface area contributed by atoms with E-state index in [0.29, 0.717) is 37.5 Å². The van der Waals surface area contributed by atoms with Gasteiger partial charge in [-0.25, -0.2) is 9.78 Å². The number of carbonyl (C=O) groups is 1. The number of aryl methyl sites for hydroxylation is 1. The van der Waals surface area contributed by atoms with Gasteiger partial charge in [0, 0.05) is 13.0 Å². The molecule has 7 heteroatoms. The van der Waals surface area contributed by atoms with Gasteiger partial charge >= 0.3 is 5.97 Å². The summed E-state index contributed by atoms with van der Waals surface area (Å²) in [7, 11) is 0. The summed E-state index contributed by atoms with van der Waals surface area (Å²) in [4.78, 5) is 29.9. The summed E-state index contributed by atoms with van der Waals surface area (Å²) in [5, 5.41) is 3.13. The Morgan fingerprint density at radius 1 is 1.36 bits per heavy atom. The number of anilines is 1. The molecule has 2 heterocycles. The molecule has 2 aromatic rings. The minimum atomic E-state index is -0.628. The second-order valence-corrected chi connectivity index (χ2v) is 7.79. The smallest absolute Gasteiger partial charge is 0.329 e. The monoisotopic (exact) mass is 385 g/mol. The predicted molar refractivity (Wildman–Crippen MR) is 107 cm³/mol. The van der Waals surface area contributed by atoms with Gasteiger partial charge in [-0.1, -0.05) is 12.1 Å². The van der Waals surface area contributed by atoms with E-state index in [4.69, 9.17) is 9.47 Å². The van der Waals surface area contributed by atoms with Gasteiger partial charge in [0.05, 0.1) is 12.8 Å². The van der Waals surface area contributed by atoms with Crippen molar-refractivity contribution in [3.8, 4) is 5.75 Å². The molecule has 1 N–H and O–H groups in total. The minimum Gasteiger partial charge on any atom is -0.494 e. The van der Waals surface area contributed by atoms with Crippen molar-refractivity contribution in [3.63, 3.8) is 0 Å². The normalized spacial score (nSPS) is 15.8. The third-order valence-corrected chi connectivity index (χ3v) is 4.39. The predicted octanol–water partition coefficient (Wildman–Crippen LogP) is 3.08. The van der Waals surface area contributed by atoms with E-state index in [9.17, 15) is 9.59 Å². The van der Waals surface area contributed by atoms with Crippen molar-refractivity contribution in [2.24, 2.45) is 0 Å². The molecule has 0 saturated heterocycles. The number of hydrogen-bond donors (Lipinski definition) is 1. The molecule has 0 saturated carbocycles. The molecule has 3 rings (SSSR count). The van der Waals surface area contributed by atoms with Crippen LogP contribution in [0.5, 0.6) is 5.75 Å². The molecule has 0 radical (unpaired) electrons. The molecule has 0 amide bonds. The summed E-state index contributed by atoms with van der Waals surface area (Å²) in [5.41, 5.74) is 0.498. The van der Waals surface area contributed by atoms with Gasteiger partial charge in [0.1, 0.15) is 28.9 Å². The van der Waals surface area contributed by atoms with Crippen LogP contribution in [-0.4, -0.2) is 27.7 Å². The van der Waals surface area contributed by atoms with Crippen molar-refractivity contribution < 1.29 is 14.3 Å². The molecule has 150 valence electrons. The van der Waals surface area contributed by atoms with Gasteiger partial charge in [0.25, 0.3) is 5.56 Å². The summed E-state index contributed by atoms with van der Waals surface area (Å²) in [6.45, 7) is 8.43. The molecular weight excluding hydrogens is 358 g/mol. The quantitative estimate of drug-likeness (QED) is 0.770. The van der Waals surface area contributed by atoms with Crippen molar-refractivity contribution in [1.82, 2.24) is 9.55 Å². The van der Waals surface area contributed by atoms with E-state index in [1.54, 1.807) is 0 Å². The number of fused-ring (bicyclic) bond motifs is 1. The summed E-state index contributed by atoms with van der Waals surface area (Å²) in [6.07, 6.45) is 2.64. The molecule has 1 aliphatic rings. The average molecular weight is 385 g/mol. The maximum absolute atomic E-state index is 13.0. The zero-order valence-electron chi connectivity index (χ0n) is 16.8. The Balaban J connectivity index is 1.78. The Kier molecular flexibility index (Phi) is 5.72. The van der Waals surface area contributed by atoms with E-state index in [1.165, 1.54) is 10.8 Å². The van der Waals surface area contributed by atoms with Crippen LogP contribution in [-0.2, 0) is 22.5 Å². The molecule has 7 nitrogen and oxygen atoms in total. The molecule has 1 aromatic carbocycles. The number of rotatable bonds is 6. The highest BCUT2D eigenvalue weighted by atomic mass is 16.6. The Morgan fingerprint density at radius 3 is 2.86 bits per heavy atom. The Hall–Kier alpha value is -2.83. The zero-order chi connectivity index (χ0) is 20.3. The maximum atomic E-state index is 13.0. The number of nitrogens with one attached hydrogen (secondary N) is 1. The van der Waals surface area contributed by atoms with Crippen molar-refractivity contribution in [2.45, 2.75) is 58.7 Å². The van der Waals surface area contributed by atoms with Crippen LogP contribution in [0.25, 0.3) is 0 Å². The Bertz CT molecular complexity index is 915. The molecule has 1 atom stereocenters. The first-order valence-corrected chi connectivity index (χ1v) is 9.57. The third kappa shape index (κ3) is 4.52. The highest BCUT2D eigenvalue weighted by Gasteiger charge is 2.34. The van der Waals surface area contributed by atoms with E-state index in [0.717, 1.165) is 11.3 Å². The first-order valence-electron chi connectivity index (χ1n) is 9.57. The van der Waals surface area contributed by atoms with Crippen LogP contribution in [0.3, 0.4) is 0 Å². The lowest BCUT2D eigenvalue weighted by atomic mass is 10.1. The van der Waals surface area contributed by atoms with E-state index < -0.39 is 17.6 Å². The number of hydrogen-bond acceptors (Lipinski definition) is 6. The van der Waals surface area contributed by atoms with Gasteiger partial charge in [-0.3, -0.25) is 9.36 Å². The van der Waals surface area contributed by atoms with E-state index in [1.807, 2.05) is 52.0 Å². The average Bonchev–Trinajstić information content (AvgIpc) is 3.05. The third-order valence-electron chi connectivity index (χ3n) is 4.39. The summed E-state index contributed by atoms with van der Waals surface area (Å²) < 4.78 is 12.4. The second-order valence-electron chi connectivity index (χ2n) is 7.79.